The fourth-order valence-electron chi connectivity index (χ4n) is 6.48. The van der Waals surface area contributed by atoms with Crippen molar-refractivity contribution in [2.75, 3.05) is 43.0 Å². The number of anilines is 2. The highest BCUT2D eigenvalue weighted by molar-refractivity contribution is 7.22. The van der Waals surface area contributed by atoms with E-state index < -0.39 is 11.8 Å². The number of hydrazine groups is 1. The maximum Gasteiger partial charge on any atom is 0.355 e. The van der Waals surface area contributed by atoms with Crippen molar-refractivity contribution in [3.8, 4) is 17.6 Å². The Kier molecular flexibility index (Phi) is 11.0. The molecule has 268 valence electrons. The van der Waals surface area contributed by atoms with Crippen LogP contribution in [0, 0.1) is 17.7 Å². The molecule has 2 aliphatic heterocycles. The van der Waals surface area contributed by atoms with Crippen LogP contribution in [0.1, 0.15) is 61.7 Å². The summed E-state index contributed by atoms with van der Waals surface area (Å²) in [6.45, 7) is 3.70. The maximum absolute atomic E-state index is 14.8. The number of nitrogens with two attached hydrogens (primary N) is 1. The first kappa shape index (κ1) is 35.5. The van der Waals surface area contributed by atoms with Crippen molar-refractivity contribution in [2.45, 2.75) is 44.7 Å². The molecule has 2 aromatic heterocycles. The summed E-state index contributed by atoms with van der Waals surface area (Å²) in [5.41, 5.74) is 6.74. The van der Waals surface area contributed by atoms with E-state index in [0.717, 1.165) is 47.3 Å². The summed E-state index contributed by atoms with van der Waals surface area (Å²) in [4.78, 5) is 39.6. The van der Waals surface area contributed by atoms with Gasteiger partial charge in [-0.15, -0.1) is 11.3 Å². The number of hydrogen-bond acceptors (Lipinski definition) is 11. The lowest BCUT2D eigenvalue weighted by Gasteiger charge is -2.29. The molecule has 4 heterocycles. The number of carboxylic acid groups (broad SMARTS) is 1. The topological polar surface area (TPSA) is 146 Å². The van der Waals surface area contributed by atoms with Gasteiger partial charge in [0.15, 0.2) is 27.5 Å². The van der Waals surface area contributed by atoms with Crippen molar-refractivity contribution >= 4 is 55.0 Å². The summed E-state index contributed by atoms with van der Waals surface area (Å²) in [5, 5.41) is 14.0. The van der Waals surface area contributed by atoms with Crippen LogP contribution in [0.25, 0.3) is 10.2 Å². The van der Waals surface area contributed by atoms with Gasteiger partial charge in [-0.2, -0.15) is 0 Å². The molecule has 0 atom stereocenters. The number of hydrogen-bond donors (Lipinski definition) is 4. The fourth-order valence-corrected chi connectivity index (χ4v) is 8.46. The van der Waals surface area contributed by atoms with E-state index in [-0.39, 0.29) is 24.0 Å². The molecule has 1 fully saturated rings. The Morgan fingerprint density at radius 2 is 1.90 bits per heavy atom. The van der Waals surface area contributed by atoms with E-state index in [1.54, 1.807) is 18.2 Å². The normalized spacial score (nSPS) is 14.8. The number of para-hydroxylation sites is 1. The van der Waals surface area contributed by atoms with Crippen molar-refractivity contribution in [1.82, 2.24) is 20.3 Å². The summed E-state index contributed by atoms with van der Waals surface area (Å²) in [5.74, 6) is 9.98. The molecule has 0 unspecified atom stereocenters. The zero-order valence-corrected chi connectivity index (χ0v) is 30.0. The van der Waals surface area contributed by atoms with Gasteiger partial charge in [0.2, 0.25) is 0 Å². The second-order valence-corrected chi connectivity index (χ2v) is 14.8. The van der Waals surface area contributed by atoms with Crippen LogP contribution in [0.15, 0.2) is 60.7 Å². The third-order valence-corrected chi connectivity index (χ3v) is 11.4. The van der Waals surface area contributed by atoms with Gasteiger partial charge in [-0.1, -0.05) is 47.4 Å². The average molecular weight is 740 g/mol. The van der Waals surface area contributed by atoms with E-state index in [1.165, 1.54) is 28.7 Å². The molecule has 2 aliphatic rings. The molecule has 14 heteroatoms. The number of nitrogens with one attached hydrogen (secondary N) is 2. The van der Waals surface area contributed by atoms with Crippen LogP contribution < -0.4 is 26.2 Å². The Labute approximate surface area is 308 Å². The number of fused-ring (bicyclic) bond motifs is 2. The lowest BCUT2D eigenvalue weighted by molar-refractivity contribution is 0.0690. The van der Waals surface area contributed by atoms with Gasteiger partial charge >= 0.3 is 5.97 Å². The first-order valence-electron chi connectivity index (χ1n) is 17.2. The van der Waals surface area contributed by atoms with Gasteiger partial charge in [-0.25, -0.2) is 19.2 Å². The monoisotopic (exact) mass is 739 g/mol. The molecule has 3 aromatic carbocycles. The van der Waals surface area contributed by atoms with E-state index in [9.17, 15) is 19.1 Å². The Morgan fingerprint density at radius 1 is 1.06 bits per heavy atom. The Bertz CT molecular complexity index is 2120. The predicted octanol–water partition coefficient (Wildman–Crippen LogP) is 5.70. The first-order valence-corrected chi connectivity index (χ1v) is 18.8. The van der Waals surface area contributed by atoms with E-state index in [4.69, 9.17) is 10.6 Å². The number of benzene rings is 3. The fraction of sp³-hybridized carbons (Fsp3) is 0.316. The number of aromatic carboxylic acids is 1. The quantitative estimate of drug-likeness (QED) is 0.0577. The predicted molar refractivity (Wildman–Crippen MR) is 202 cm³/mol. The lowest BCUT2D eigenvalue weighted by Crippen LogP contribution is -2.45. The van der Waals surface area contributed by atoms with Crippen molar-refractivity contribution in [3.63, 3.8) is 0 Å². The van der Waals surface area contributed by atoms with Gasteiger partial charge in [0.1, 0.15) is 0 Å². The van der Waals surface area contributed by atoms with Gasteiger partial charge in [0.25, 0.3) is 5.91 Å². The Hall–Kier alpha value is -4.91. The third-order valence-electron chi connectivity index (χ3n) is 9.29. The molecule has 0 saturated carbocycles. The van der Waals surface area contributed by atoms with E-state index in [0.29, 0.717) is 71.2 Å². The van der Waals surface area contributed by atoms with E-state index in [2.05, 4.69) is 37.5 Å². The summed E-state index contributed by atoms with van der Waals surface area (Å²) < 4.78 is 21.6. The van der Waals surface area contributed by atoms with Crippen LogP contribution in [0.5, 0.6) is 5.75 Å². The SMILES string of the molecule is NNC1CCN(CC#Cc2ccc(OCCCc3sc(N4CCc5cccc(C(=O)Nc6nc7ccccc7s6)c5C4)nc3C(=O)O)c(F)c2)CC1. The zero-order chi connectivity index (χ0) is 36.0. The molecule has 52 heavy (non-hydrogen) atoms. The number of ether oxygens (including phenoxy) is 1. The average Bonchev–Trinajstić information content (AvgIpc) is 3.78. The summed E-state index contributed by atoms with van der Waals surface area (Å²) in [6, 6.07) is 18.5. The summed E-state index contributed by atoms with van der Waals surface area (Å²) >= 11 is 2.75. The van der Waals surface area contributed by atoms with Gasteiger partial charge in [-0.3, -0.25) is 26.3 Å². The molecule has 0 bridgehead atoms. The van der Waals surface area contributed by atoms with Gasteiger partial charge in [0, 0.05) is 48.2 Å². The number of rotatable bonds is 11. The molecule has 11 nitrogen and oxygen atoms in total. The molecular formula is C38H38FN7O4S2. The van der Waals surface area contributed by atoms with Gasteiger partial charge < -0.3 is 14.7 Å². The second kappa shape index (κ2) is 16.2. The zero-order valence-electron chi connectivity index (χ0n) is 28.4. The highest BCUT2D eigenvalue weighted by Gasteiger charge is 2.27. The standard InChI is InChI=1S/C38H38FN7O4S2/c39-29-22-24(6-4-17-45-18-15-26(44-40)16-19-45)12-13-31(29)50-21-5-11-33-34(36(48)49)42-38(52-33)46-20-14-25-7-3-8-27(28(25)23-46)35(47)43-37-41-30-9-1-2-10-32(30)51-37/h1-3,7-10,12-13,22,26,44H,5,11,14-21,23,40H2,(H,48,49)(H,41,43,47). The van der Waals surface area contributed by atoms with Crippen molar-refractivity contribution in [3.05, 3.63) is 99.3 Å². The van der Waals surface area contributed by atoms with Crippen molar-refractivity contribution < 1.29 is 23.8 Å². The molecule has 5 N–H and O–H groups in total. The number of amides is 1. The maximum atomic E-state index is 14.8. The molecule has 7 rings (SSSR count). The third kappa shape index (κ3) is 8.25. The lowest BCUT2D eigenvalue weighted by atomic mass is 9.94. The molecule has 5 aromatic rings. The number of aromatic nitrogens is 2. The largest absolute Gasteiger partial charge is 0.491 e. The molecule has 0 aliphatic carbocycles. The highest BCUT2D eigenvalue weighted by Crippen LogP contribution is 2.33. The Balaban J connectivity index is 0.949. The van der Waals surface area contributed by atoms with Crippen LogP contribution in [0.4, 0.5) is 14.7 Å². The number of halogens is 1. The van der Waals surface area contributed by atoms with Crippen LogP contribution in [-0.4, -0.2) is 70.7 Å². The minimum Gasteiger partial charge on any atom is -0.491 e. The number of carbonyl (C=O) groups excluding carboxylic acids is 1. The number of thiazole rings is 2. The van der Waals surface area contributed by atoms with Crippen LogP contribution in [-0.2, 0) is 19.4 Å². The molecular weight excluding hydrogens is 702 g/mol. The van der Waals surface area contributed by atoms with E-state index in [1.807, 2.05) is 41.3 Å². The summed E-state index contributed by atoms with van der Waals surface area (Å²) in [7, 11) is 0. The number of carboxylic acids is 1. The van der Waals surface area contributed by atoms with Crippen LogP contribution in [0.3, 0.4) is 0 Å². The summed E-state index contributed by atoms with van der Waals surface area (Å²) in [6.07, 6.45) is 3.51. The van der Waals surface area contributed by atoms with E-state index >= 15 is 0 Å². The number of carbonyl (C=O) groups is 2. The molecule has 1 amide bonds. The number of likely N-dealkylation sites (tertiary alicyclic amines) is 1. The molecule has 0 spiro atoms. The first-order chi connectivity index (χ1) is 25.3. The smallest absolute Gasteiger partial charge is 0.355 e. The van der Waals surface area contributed by atoms with Gasteiger partial charge in [0.05, 0.1) is 23.4 Å². The van der Waals surface area contributed by atoms with Crippen LogP contribution in [0.2, 0.25) is 0 Å². The molecule has 1 saturated heterocycles. The van der Waals surface area contributed by atoms with Crippen LogP contribution >= 0.6 is 22.7 Å². The number of aryl methyl sites for hydroxylation is 1. The Morgan fingerprint density at radius 3 is 2.69 bits per heavy atom. The second-order valence-electron chi connectivity index (χ2n) is 12.7. The minimum absolute atomic E-state index is 0.00202. The number of nitrogens with zero attached hydrogens (tertiary/aromatic N) is 4. The number of piperidine rings is 1. The van der Waals surface area contributed by atoms with Crippen molar-refractivity contribution in [1.29, 1.82) is 0 Å². The molecule has 0 radical (unpaired) electrons. The van der Waals surface area contributed by atoms with Gasteiger partial charge in [-0.05, 0) is 79.6 Å². The van der Waals surface area contributed by atoms with Crippen molar-refractivity contribution in [2.24, 2.45) is 5.84 Å². The minimum atomic E-state index is -1.11. The highest BCUT2D eigenvalue weighted by atomic mass is 32.1.